The number of hydrogen-bond donors (Lipinski definition) is 0. The monoisotopic (exact) mass is 238 g/mol. The van der Waals surface area contributed by atoms with E-state index in [1.54, 1.807) is 5.56 Å². The van der Waals surface area contributed by atoms with Crippen molar-refractivity contribution in [1.29, 1.82) is 0 Å². The molecular formula is C13H18S2. The van der Waals surface area contributed by atoms with Gasteiger partial charge in [-0.05, 0) is 29.7 Å². The maximum Gasteiger partial charge on any atom is 0.0226 e. The molecule has 1 heterocycles. The van der Waals surface area contributed by atoms with E-state index in [0.717, 1.165) is 11.2 Å². The second kappa shape index (κ2) is 5.31. The molecule has 0 radical (unpaired) electrons. The number of fused-ring (bicyclic) bond motifs is 1. The summed E-state index contributed by atoms with van der Waals surface area (Å²) in [6, 6.07) is 8.83. The first-order chi connectivity index (χ1) is 7.25. The van der Waals surface area contributed by atoms with Crippen LogP contribution in [-0.4, -0.2) is 16.8 Å². The fourth-order valence-corrected chi connectivity index (χ4v) is 4.41. The third-order valence-electron chi connectivity index (χ3n) is 2.47. The summed E-state index contributed by atoms with van der Waals surface area (Å²) in [4.78, 5) is 1.51. The minimum Gasteiger partial charge on any atom is -0.161 e. The lowest BCUT2D eigenvalue weighted by molar-refractivity contribution is 0.749. The van der Waals surface area contributed by atoms with E-state index in [0.29, 0.717) is 0 Å². The second-order valence-corrected chi connectivity index (χ2v) is 6.90. The molecular weight excluding hydrogens is 220 g/mol. The fraction of sp³-hybridized carbons (Fsp3) is 0.538. The molecule has 0 N–H and O–H groups in total. The molecule has 1 aromatic carbocycles. The summed E-state index contributed by atoms with van der Waals surface area (Å²) in [5.74, 6) is 3.43. The molecule has 0 aliphatic carbocycles. The third-order valence-corrected chi connectivity index (χ3v) is 5.54. The van der Waals surface area contributed by atoms with Gasteiger partial charge in [0.15, 0.2) is 0 Å². The van der Waals surface area contributed by atoms with Crippen molar-refractivity contribution in [2.45, 2.75) is 30.4 Å². The minimum absolute atomic E-state index is 0.811. The van der Waals surface area contributed by atoms with Gasteiger partial charge in [0.2, 0.25) is 0 Å². The third kappa shape index (κ3) is 3.18. The van der Waals surface area contributed by atoms with Gasteiger partial charge in [0.05, 0.1) is 0 Å². The van der Waals surface area contributed by atoms with Crippen molar-refractivity contribution < 1.29 is 0 Å². The Hall–Kier alpha value is -0.0800. The normalized spacial score (nSPS) is 19.5. The Morgan fingerprint density at radius 2 is 2.20 bits per heavy atom. The van der Waals surface area contributed by atoms with Gasteiger partial charge in [0.1, 0.15) is 0 Å². The molecule has 0 spiro atoms. The van der Waals surface area contributed by atoms with Crippen LogP contribution in [0.2, 0.25) is 0 Å². The lowest BCUT2D eigenvalue weighted by Crippen LogP contribution is -2.06. The highest BCUT2D eigenvalue weighted by atomic mass is 32.2. The van der Waals surface area contributed by atoms with Gasteiger partial charge in [0, 0.05) is 15.9 Å². The SMILES string of the molecule is CC(C)CSCC1Cc2ccccc2S1. The summed E-state index contributed by atoms with van der Waals surface area (Å²) in [6.07, 6.45) is 1.27. The van der Waals surface area contributed by atoms with E-state index >= 15 is 0 Å². The van der Waals surface area contributed by atoms with Gasteiger partial charge in [-0.3, -0.25) is 0 Å². The van der Waals surface area contributed by atoms with E-state index < -0.39 is 0 Å². The van der Waals surface area contributed by atoms with E-state index in [9.17, 15) is 0 Å². The van der Waals surface area contributed by atoms with Crippen molar-refractivity contribution >= 4 is 23.5 Å². The zero-order valence-electron chi connectivity index (χ0n) is 9.40. The first-order valence-electron chi connectivity index (χ1n) is 5.58. The molecule has 2 heteroatoms. The van der Waals surface area contributed by atoms with E-state index in [4.69, 9.17) is 0 Å². The molecule has 0 saturated carbocycles. The van der Waals surface area contributed by atoms with Gasteiger partial charge < -0.3 is 0 Å². The average Bonchev–Trinajstić information content (AvgIpc) is 2.59. The van der Waals surface area contributed by atoms with Gasteiger partial charge in [-0.25, -0.2) is 0 Å². The Bertz CT molecular complexity index is 295. The molecule has 0 bridgehead atoms. The Kier molecular flexibility index (Phi) is 4.04. The van der Waals surface area contributed by atoms with Crippen LogP contribution in [0.15, 0.2) is 29.2 Å². The first-order valence-corrected chi connectivity index (χ1v) is 7.61. The zero-order valence-corrected chi connectivity index (χ0v) is 11.0. The van der Waals surface area contributed by atoms with Crippen molar-refractivity contribution in [3.05, 3.63) is 29.8 Å². The fourth-order valence-electron chi connectivity index (χ4n) is 1.78. The highest BCUT2D eigenvalue weighted by Crippen LogP contribution is 2.38. The van der Waals surface area contributed by atoms with Crippen LogP contribution >= 0.6 is 23.5 Å². The highest BCUT2D eigenvalue weighted by molar-refractivity contribution is 8.03. The molecule has 82 valence electrons. The number of thioether (sulfide) groups is 2. The van der Waals surface area contributed by atoms with Gasteiger partial charge in [-0.1, -0.05) is 32.0 Å². The van der Waals surface area contributed by atoms with E-state index in [1.807, 2.05) is 0 Å². The zero-order chi connectivity index (χ0) is 10.7. The molecule has 1 aromatic rings. The van der Waals surface area contributed by atoms with E-state index in [1.165, 1.54) is 22.8 Å². The smallest absolute Gasteiger partial charge is 0.0226 e. The lowest BCUT2D eigenvalue weighted by Gasteiger charge is -2.09. The van der Waals surface area contributed by atoms with Crippen molar-refractivity contribution in [2.24, 2.45) is 5.92 Å². The van der Waals surface area contributed by atoms with Gasteiger partial charge in [0.25, 0.3) is 0 Å². The Morgan fingerprint density at radius 3 is 2.93 bits per heavy atom. The van der Waals surface area contributed by atoms with Crippen molar-refractivity contribution in [3.8, 4) is 0 Å². The summed E-state index contributed by atoms with van der Waals surface area (Å²) in [7, 11) is 0. The summed E-state index contributed by atoms with van der Waals surface area (Å²) in [6.45, 7) is 4.59. The largest absolute Gasteiger partial charge is 0.161 e. The number of hydrogen-bond acceptors (Lipinski definition) is 2. The molecule has 0 aromatic heterocycles. The van der Waals surface area contributed by atoms with Crippen LogP contribution in [-0.2, 0) is 6.42 Å². The van der Waals surface area contributed by atoms with Crippen molar-refractivity contribution in [2.75, 3.05) is 11.5 Å². The lowest BCUT2D eigenvalue weighted by atomic mass is 10.1. The molecule has 1 unspecified atom stereocenters. The number of rotatable bonds is 4. The molecule has 0 fully saturated rings. The standard InChI is InChI=1S/C13H18S2/c1-10(2)8-14-9-12-7-11-5-3-4-6-13(11)15-12/h3-6,10,12H,7-9H2,1-2H3. The molecule has 15 heavy (non-hydrogen) atoms. The van der Waals surface area contributed by atoms with Gasteiger partial charge >= 0.3 is 0 Å². The predicted octanol–water partition coefficient (Wildman–Crippen LogP) is 4.09. The topological polar surface area (TPSA) is 0 Å². The minimum atomic E-state index is 0.811. The van der Waals surface area contributed by atoms with Crippen LogP contribution in [0.4, 0.5) is 0 Å². The maximum atomic E-state index is 2.30. The van der Waals surface area contributed by atoms with Crippen LogP contribution < -0.4 is 0 Å². The van der Waals surface area contributed by atoms with Gasteiger partial charge in [-0.15, -0.1) is 11.8 Å². The van der Waals surface area contributed by atoms with E-state index in [-0.39, 0.29) is 0 Å². The highest BCUT2D eigenvalue weighted by Gasteiger charge is 2.21. The molecule has 0 nitrogen and oxygen atoms in total. The summed E-state index contributed by atoms with van der Waals surface area (Å²) in [5, 5.41) is 0.811. The van der Waals surface area contributed by atoms with Crippen molar-refractivity contribution in [1.82, 2.24) is 0 Å². The maximum absolute atomic E-state index is 2.30. The van der Waals surface area contributed by atoms with Crippen molar-refractivity contribution in [3.63, 3.8) is 0 Å². The molecule has 1 aliphatic rings. The quantitative estimate of drug-likeness (QED) is 0.775. The summed E-state index contributed by atoms with van der Waals surface area (Å²) >= 11 is 4.18. The van der Waals surface area contributed by atoms with Gasteiger partial charge in [-0.2, -0.15) is 11.8 Å². The van der Waals surface area contributed by atoms with Crippen LogP contribution in [0.5, 0.6) is 0 Å². The van der Waals surface area contributed by atoms with Crippen LogP contribution in [0, 0.1) is 5.92 Å². The Balaban J connectivity index is 1.80. The molecule has 1 atom stereocenters. The average molecular weight is 238 g/mol. The van der Waals surface area contributed by atoms with Crippen LogP contribution in [0.25, 0.3) is 0 Å². The first kappa shape index (κ1) is 11.4. The van der Waals surface area contributed by atoms with Crippen LogP contribution in [0.1, 0.15) is 19.4 Å². The summed E-state index contributed by atoms with van der Waals surface area (Å²) < 4.78 is 0. The molecule has 0 amide bonds. The van der Waals surface area contributed by atoms with E-state index in [2.05, 4.69) is 61.6 Å². The van der Waals surface area contributed by atoms with Crippen LogP contribution in [0.3, 0.4) is 0 Å². The Labute approximate surface area is 101 Å². The molecule has 2 rings (SSSR count). The second-order valence-electron chi connectivity index (χ2n) is 4.48. The predicted molar refractivity (Wildman–Crippen MR) is 72.0 cm³/mol. The Morgan fingerprint density at radius 1 is 1.40 bits per heavy atom. The number of benzene rings is 1. The molecule has 0 saturated heterocycles. The molecule has 1 aliphatic heterocycles. The summed E-state index contributed by atoms with van der Waals surface area (Å²) in [5.41, 5.74) is 1.55.